The number of benzene rings is 3. The highest BCUT2D eigenvalue weighted by molar-refractivity contribution is 6.46. The Morgan fingerprint density at radius 3 is 2.09 bits per heavy atom. The van der Waals surface area contributed by atoms with E-state index in [2.05, 4.69) is 16.3 Å². The van der Waals surface area contributed by atoms with Crippen LogP contribution in [0, 0.1) is 25.2 Å². The zero-order chi connectivity index (χ0) is 24.5. The van der Waals surface area contributed by atoms with Crippen LogP contribution in [0.2, 0.25) is 0 Å². The van der Waals surface area contributed by atoms with Crippen LogP contribution in [-0.4, -0.2) is 24.9 Å². The molecule has 1 fully saturated rings. The van der Waals surface area contributed by atoms with Crippen molar-refractivity contribution >= 4 is 34.4 Å². The molecule has 0 unspecified atom stereocenters. The second-order valence-corrected chi connectivity index (χ2v) is 9.02. The first-order valence-electron chi connectivity index (χ1n) is 11.8. The molecule has 3 aromatic carbocycles. The maximum absolute atomic E-state index is 13.6. The number of carbonyl (C=O) groups is 2. The summed E-state index contributed by atoms with van der Waals surface area (Å²) in [5.74, 6) is -0.810. The second kappa shape index (κ2) is 9.11. The van der Waals surface area contributed by atoms with Crippen molar-refractivity contribution in [3.63, 3.8) is 0 Å². The zero-order valence-electron chi connectivity index (χ0n) is 19.8. The quantitative estimate of drug-likeness (QED) is 0.529. The molecule has 1 saturated heterocycles. The molecule has 0 bridgehead atoms. The van der Waals surface area contributed by atoms with Crippen LogP contribution >= 0.6 is 0 Å². The normalized spacial score (nSPS) is 15.7. The molecule has 0 radical (unpaired) electrons. The van der Waals surface area contributed by atoms with Crippen molar-refractivity contribution in [3.05, 3.63) is 94.7 Å². The van der Waals surface area contributed by atoms with Crippen molar-refractivity contribution in [2.75, 3.05) is 28.2 Å². The van der Waals surface area contributed by atoms with Crippen molar-refractivity contribution in [1.29, 1.82) is 5.26 Å². The maximum atomic E-state index is 13.6. The topological polar surface area (TPSA) is 76.4 Å². The van der Waals surface area contributed by atoms with E-state index in [9.17, 15) is 9.59 Å². The minimum atomic E-state index is -0.420. The molecule has 1 N–H and O–H groups in total. The van der Waals surface area contributed by atoms with Crippen LogP contribution in [0.25, 0.3) is 5.57 Å². The molecule has 174 valence electrons. The highest BCUT2D eigenvalue weighted by atomic mass is 16.2. The fraction of sp³-hybridized carbons (Fsp3) is 0.207. The number of nitrogens with zero attached hydrogens (tertiary/aromatic N) is 3. The lowest BCUT2D eigenvalue weighted by Gasteiger charge is -2.18. The van der Waals surface area contributed by atoms with Gasteiger partial charge in [0.1, 0.15) is 5.70 Å². The van der Waals surface area contributed by atoms with E-state index in [1.54, 1.807) is 24.3 Å². The van der Waals surface area contributed by atoms with Crippen LogP contribution in [0.4, 0.5) is 17.1 Å². The lowest BCUT2D eigenvalue weighted by molar-refractivity contribution is -0.120. The van der Waals surface area contributed by atoms with Gasteiger partial charge in [-0.1, -0.05) is 18.2 Å². The molecule has 35 heavy (non-hydrogen) atoms. The van der Waals surface area contributed by atoms with Crippen molar-refractivity contribution in [1.82, 2.24) is 0 Å². The number of carbonyl (C=O) groups excluding carboxylic acids is 2. The predicted octanol–water partition coefficient (Wildman–Crippen LogP) is 5.17. The Balaban J connectivity index is 1.53. The molecule has 2 aliphatic heterocycles. The summed E-state index contributed by atoms with van der Waals surface area (Å²) in [4.78, 5) is 30.8. The van der Waals surface area contributed by atoms with Gasteiger partial charge in [-0.05, 0) is 91.9 Å². The van der Waals surface area contributed by atoms with Crippen LogP contribution in [0.5, 0.6) is 0 Å². The molecule has 2 amide bonds. The van der Waals surface area contributed by atoms with Crippen LogP contribution in [0.3, 0.4) is 0 Å². The lowest BCUT2D eigenvalue weighted by Crippen LogP contribution is -2.32. The van der Waals surface area contributed by atoms with E-state index in [1.807, 2.05) is 56.3 Å². The summed E-state index contributed by atoms with van der Waals surface area (Å²) in [5, 5.41) is 12.4. The smallest absolute Gasteiger partial charge is 0.282 e. The lowest BCUT2D eigenvalue weighted by atomic mass is 9.99. The van der Waals surface area contributed by atoms with E-state index >= 15 is 0 Å². The van der Waals surface area contributed by atoms with E-state index in [-0.39, 0.29) is 11.6 Å². The number of anilines is 3. The van der Waals surface area contributed by atoms with Gasteiger partial charge in [0.2, 0.25) is 0 Å². The standard InChI is InChI=1S/C29H26N4O2/c1-19-5-8-22(17-20(19)2)26-27(31-23-9-13-24(14-10-23)32-15-3-4-16-32)29(35)33(28(26)34)25-11-6-21(18-30)7-12-25/h5-14,17,31H,3-4,15-16H2,1-2H3. The first-order valence-corrected chi connectivity index (χ1v) is 11.8. The van der Waals surface area contributed by atoms with Gasteiger partial charge in [0.15, 0.2) is 0 Å². The highest BCUT2D eigenvalue weighted by Gasteiger charge is 2.40. The molecule has 0 aromatic heterocycles. The van der Waals surface area contributed by atoms with Gasteiger partial charge in [0, 0.05) is 24.5 Å². The fourth-order valence-corrected chi connectivity index (χ4v) is 4.61. The second-order valence-electron chi connectivity index (χ2n) is 9.02. The third-order valence-corrected chi connectivity index (χ3v) is 6.74. The molecule has 5 rings (SSSR count). The molecule has 0 atom stereocenters. The first kappa shape index (κ1) is 22.4. The number of aryl methyl sites for hydroxylation is 2. The Labute approximate surface area is 205 Å². The Morgan fingerprint density at radius 1 is 0.800 bits per heavy atom. The van der Waals surface area contributed by atoms with Gasteiger partial charge < -0.3 is 10.2 Å². The number of rotatable bonds is 5. The van der Waals surface area contributed by atoms with E-state index in [4.69, 9.17) is 5.26 Å². The summed E-state index contributed by atoms with van der Waals surface area (Å²) in [5.41, 5.74) is 6.23. The van der Waals surface area contributed by atoms with Gasteiger partial charge >= 0.3 is 0 Å². The molecular weight excluding hydrogens is 436 g/mol. The molecule has 3 aromatic rings. The van der Waals surface area contributed by atoms with Crippen LogP contribution < -0.4 is 15.1 Å². The van der Waals surface area contributed by atoms with E-state index < -0.39 is 5.91 Å². The van der Waals surface area contributed by atoms with Gasteiger partial charge in [0.25, 0.3) is 11.8 Å². The highest BCUT2D eigenvalue weighted by Crippen LogP contribution is 2.35. The Kier molecular flexibility index (Phi) is 5.84. The fourth-order valence-electron chi connectivity index (χ4n) is 4.61. The maximum Gasteiger partial charge on any atom is 0.282 e. The van der Waals surface area contributed by atoms with Crippen molar-refractivity contribution in [2.24, 2.45) is 0 Å². The van der Waals surface area contributed by atoms with E-state index in [0.717, 1.165) is 35.6 Å². The zero-order valence-corrected chi connectivity index (χ0v) is 19.8. The molecule has 0 aliphatic carbocycles. The van der Waals surface area contributed by atoms with Gasteiger partial charge in [-0.3, -0.25) is 9.59 Å². The van der Waals surface area contributed by atoms with Gasteiger partial charge in [-0.15, -0.1) is 0 Å². The molecule has 0 spiro atoms. The summed E-state index contributed by atoms with van der Waals surface area (Å²) in [6, 6.07) is 22.3. The number of nitriles is 1. The average molecular weight is 463 g/mol. The minimum absolute atomic E-state index is 0.247. The average Bonchev–Trinajstić information content (AvgIpc) is 3.49. The number of nitrogens with one attached hydrogen (secondary N) is 1. The number of hydrogen-bond donors (Lipinski definition) is 1. The number of hydrogen-bond acceptors (Lipinski definition) is 5. The predicted molar refractivity (Wildman–Crippen MR) is 138 cm³/mol. The van der Waals surface area contributed by atoms with Crippen LogP contribution in [0.15, 0.2) is 72.4 Å². The van der Waals surface area contributed by atoms with Crippen molar-refractivity contribution in [3.8, 4) is 6.07 Å². The monoisotopic (exact) mass is 462 g/mol. The molecule has 6 heteroatoms. The van der Waals surface area contributed by atoms with E-state index in [0.29, 0.717) is 22.4 Å². The first-order chi connectivity index (χ1) is 17.0. The Hall–Kier alpha value is -4.37. The Morgan fingerprint density at radius 2 is 1.46 bits per heavy atom. The van der Waals surface area contributed by atoms with Crippen LogP contribution in [0.1, 0.15) is 35.1 Å². The summed E-state index contributed by atoms with van der Waals surface area (Å²) < 4.78 is 0. The van der Waals surface area contributed by atoms with Gasteiger partial charge in [-0.25, -0.2) is 4.90 Å². The number of imide groups is 1. The van der Waals surface area contributed by atoms with Gasteiger partial charge in [-0.2, -0.15) is 5.26 Å². The van der Waals surface area contributed by atoms with Crippen molar-refractivity contribution < 1.29 is 9.59 Å². The summed E-state index contributed by atoms with van der Waals surface area (Å²) in [7, 11) is 0. The van der Waals surface area contributed by atoms with Gasteiger partial charge in [0.05, 0.1) is 22.9 Å². The van der Waals surface area contributed by atoms with Crippen molar-refractivity contribution in [2.45, 2.75) is 26.7 Å². The number of amides is 2. The summed E-state index contributed by atoms with van der Waals surface area (Å²) >= 11 is 0. The summed E-state index contributed by atoms with van der Waals surface area (Å²) in [6.07, 6.45) is 2.40. The van der Waals surface area contributed by atoms with E-state index in [1.165, 1.54) is 17.7 Å². The Bertz CT molecular complexity index is 1380. The third-order valence-electron chi connectivity index (χ3n) is 6.74. The molecule has 6 nitrogen and oxygen atoms in total. The summed E-state index contributed by atoms with van der Waals surface area (Å²) in [6.45, 7) is 6.12. The largest absolute Gasteiger partial charge is 0.372 e. The molecule has 0 saturated carbocycles. The molecule has 2 heterocycles. The van der Waals surface area contributed by atoms with Crippen LogP contribution in [-0.2, 0) is 9.59 Å². The molecule has 2 aliphatic rings. The third kappa shape index (κ3) is 4.17. The SMILES string of the molecule is Cc1ccc(C2=C(Nc3ccc(N4CCCC4)cc3)C(=O)N(c3ccc(C#N)cc3)C2=O)cc1C. The minimum Gasteiger partial charge on any atom is -0.372 e. The molecular formula is C29H26N4O2.